The Morgan fingerprint density at radius 1 is 1.53 bits per heavy atom. The summed E-state index contributed by atoms with van der Waals surface area (Å²) < 4.78 is 31.3. The van der Waals surface area contributed by atoms with Gasteiger partial charge in [0.2, 0.25) is 5.82 Å². The van der Waals surface area contributed by atoms with E-state index in [1.54, 1.807) is 0 Å². The fraction of sp³-hybridized carbons (Fsp3) is 0.182. The summed E-state index contributed by atoms with van der Waals surface area (Å²) in [5, 5.41) is 2.32. The average Bonchev–Trinajstić information content (AvgIpc) is 2.29. The zero-order valence-corrected chi connectivity index (χ0v) is 10.2. The molecule has 90 valence electrons. The highest BCUT2D eigenvalue weighted by molar-refractivity contribution is 9.10. The van der Waals surface area contributed by atoms with Gasteiger partial charge in [0.05, 0.1) is 6.54 Å². The molecule has 0 saturated heterocycles. The van der Waals surface area contributed by atoms with Gasteiger partial charge < -0.3 is 10.1 Å². The van der Waals surface area contributed by atoms with Crippen LogP contribution in [0.25, 0.3) is 0 Å². The second kappa shape index (κ2) is 6.21. The van der Waals surface area contributed by atoms with Crippen LogP contribution in [0.1, 0.15) is 0 Å². The van der Waals surface area contributed by atoms with Crippen molar-refractivity contribution in [2.45, 2.75) is 0 Å². The molecular weight excluding hydrogens is 296 g/mol. The number of ether oxygens (including phenoxy) is 1. The number of halogens is 3. The third-order valence-electron chi connectivity index (χ3n) is 1.71. The second-order valence-corrected chi connectivity index (χ2v) is 3.88. The first-order valence-electron chi connectivity index (χ1n) is 4.52. The molecule has 3 nitrogen and oxygen atoms in total. The molecule has 1 rings (SSSR count). The summed E-state index contributed by atoms with van der Waals surface area (Å²) in [6, 6.07) is 2.19. The molecule has 0 spiro atoms. The van der Waals surface area contributed by atoms with Crippen molar-refractivity contribution in [3.05, 3.63) is 28.2 Å². The van der Waals surface area contributed by atoms with Crippen molar-refractivity contribution in [2.75, 3.05) is 13.2 Å². The van der Waals surface area contributed by atoms with Crippen molar-refractivity contribution in [3.63, 3.8) is 0 Å². The molecule has 0 bridgehead atoms. The number of amides is 1. The van der Waals surface area contributed by atoms with Gasteiger partial charge in [-0.05, 0) is 12.1 Å². The summed E-state index contributed by atoms with van der Waals surface area (Å²) in [7, 11) is 0. The molecule has 17 heavy (non-hydrogen) atoms. The third kappa shape index (κ3) is 4.04. The highest BCUT2D eigenvalue weighted by atomic mass is 79.9. The van der Waals surface area contributed by atoms with Crippen molar-refractivity contribution in [1.82, 2.24) is 5.32 Å². The van der Waals surface area contributed by atoms with Crippen LogP contribution in [0.15, 0.2) is 16.6 Å². The quantitative estimate of drug-likeness (QED) is 0.681. The molecule has 0 saturated carbocycles. The SMILES string of the molecule is C#CCNC(=O)COc1cc(Br)cc(F)c1F. The van der Waals surface area contributed by atoms with E-state index in [-0.39, 0.29) is 12.3 Å². The van der Waals surface area contributed by atoms with Gasteiger partial charge in [-0.2, -0.15) is 4.39 Å². The number of benzene rings is 1. The fourth-order valence-corrected chi connectivity index (χ4v) is 1.39. The van der Waals surface area contributed by atoms with Crippen LogP contribution >= 0.6 is 15.9 Å². The Hall–Kier alpha value is -1.61. The van der Waals surface area contributed by atoms with Gasteiger partial charge in [-0.15, -0.1) is 6.42 Å². The van der Waals surface area contributed by atoms with Gasteiger partial charge >= 0.3 is 0 Å². The molecule has 1 N–H and O–H groups in total. The Morgan fingerprint density at radius 3 is 2.88 bits per heavy atom. The Morgan fingerprint density at radius 2 is 2.24 bits per heavy atom. The van der Waals surface area contributed by atoms with E-state index in [0.717, 1.165) is 6.07 Å². The summed E-state index contributed by atoms with van der Waals surface area (Å²) in [5.41, 5.74) is 0. The predicted octanol–water partition coefficient (Wildman–Crippen LogP) is 1.86. The van der Waals surface area contributed by atoms with Crippen molar-refractivity contribution in [2.24, 2.45) is 0 Å². The molecule has 0 radical (unpaired) electrons. The highest BCUT2D eigenvalue weighted by Crippen LogP contribution is 2.25. The van der Waals surface area contributed by atoms with E-state index >= 15 is 0 Å². The topological polar surface area (TPSA) is 38.3 Å². The molecule has 0 aromatic heterocycles. The van der Waals surface area contributed by atoms with Gasteiger partial charge in [0.25, 0.3) is 5.91 Å². The van der Waals surface area contributed by atoms with Gasteiger partial charge in [0.15, 0.2) is 18.2 Å². The minimum atomic E-state index is -1.14. The maximum absolute atomic E-state index is 13.2. The maximum atomic E-state index is 13.2. The number of carbonyl (C=O) groups is 1. The van der Waals surface area contributed by atoms with Crippen molar-refractivity contribution >= 4 is 21.8 Å². The zero-order valence-electron chi connectivity index (χ0n) is 8.60. The standard InChI is InChI=1S/C11H8BrF2NO2/c1-2-3-15-10(16)6-17-9-5-7(12)4-8(13)11(9)14/h1,4-5H,3,6H2,(H,15,16). The van der Waals surface area contributed by atoms with Crippen molar-refractivity contribution in [1.29, 1.82) is 0 Å². The first kappa shape index (κ1) is 13.5. The molecular formula is C11H8BrF2NO2. The van der Waals surface area contributed by atoms with Crippen LogP contribution in [0.2, 0.25) is 0 Å². The minimum absolute atomic E-state index is 0.0531. The molecule has 1 amide bonds. The lowest BCUT2D eigenvalue weighted by Crippen LogP contribution is -2.29. The van der Waals surface area contributed by atoms with E-state index in [2.05, 4.69) is 27.2 Å². The number of rotatable bonds is 4. The largest absolute Gasteiger partial charge is 0.481 e. The zero-order chi connectivity index (χ0) is 12.8. The molecule has 1 aromatic rings. The van der Waals surface area contributed by atoms with E-state index in [4.69, 9.17) is 11.2 Å². The van der Waals surface area contributed by atoms with Crippen LogP contribution in [0.5, 0.6) is 5.75 Å². The summed E-state index contributed by atoms with van der Waals surface area (Å²) in [5.74, 6) is -0.852. The Bertz CT molecular complexity index is 471. The van der Waals surface area contributed by atoms with E-state index < -0.39 is 24.1 Å². The number of hydrogen-bond acceptors (Lipinski definition) is 2. The highest BCUT2D eigenvalue weighted by Gasteiger charge is 2.12. The summed E-state index contributed by atoms with van der Waals surface area (Å²) in [4.78, 5) is 11.1. The molecule has 0 heterocycles. The first-order chi connectivity index (χ1) is 8.04. The van der Waals surface area contributed by atoms with Gasteiger partial charge in [-0.3, -0.25) is 4.79 Å². The molecule has 0 aliphatic rings. The smallest absolute Gasteiger partial charge is 0.258 e. The fourth-order valence-electron chi connectivity index (χ4n) is 0.981. The lowest BCUT2D eigenvalue weighted by Gasteiger charge is -2.07. The molecule has 1 aromatic carbocycles. The van der Waals surface area contributed by atoms with E-state index in [1.165, 1.54) is 6.07 Å². The minimum Gasteiger partial charge on any atom is -0.481 e. The van der Waals surface area contributed by atoms with Crippen molar-refractivity contribution < 1.29 is 18.3 Å². The van der Waals surface area contributed by atoms with Gasteiger partial charge in [-0.25, -0.2) is 4.39 Å². The first-order valence-corrected chi connectivity index (χ1v) is 5.31. The van der Waals surface area contributed by atoms with Gasteiger partial charge in [-0.1, -0.05) is 21.9 Å². The van der Waals surface area contributed by atoms with Crippen LogP contribution in [0, 0.1) is 24.0 Å². The number of nitrogens with one attached hydrogen (secondary N) is 1. The predicted molar refractivity (Wildman–Crippen MR) is 61.4 cm³/mol. The summed E-state index contributed by atoms with van der Waals surface area (Å²) in [6.07, 6.45) is 4.93. The second-order valence-electron chi connectivity index (χ2n) is 2.97. The Labute approximate surface area is 105 Å². The van der Waals surface area contributed by atoms with Gasteiger partial charge in [0.1, 0.15) is 0 Å². The van der Waals surface area contributed by atoms with E-state index in [0.29, 0.717) is 4.47 Å². The van der Waals surface area contributed by atoms with Crippen molar-refractivity contribution in [3.8, 4) is 18.1 Å². The lowest BCUT2D eigenvalue weighted by atomic mass is 10.3. The summed E-state index contributed by atoms with van der Waals surface area (Å²) in [6.45, 7) is -0.383. The Kier molecular flexibility index (Phi) is 4.91. The monoisotopic (exact) mass is 303 g/mol. The molecule has 0 atom stereocenters. The number of hydrogen-bond donors (Lipinski definition) is 1. The lowest BCUT2D eigenvalue weighted by molar-refractivity contribution is -0.122. The third-order valence-corrected chi connectivity index (χ3v) is 2.16. The molecule has 6 heteroatoms. The maximum Gasteiger partial charge on any atom is 0.258 e. The molecule has 0 aliphatic carbocycles. The average molecular weight is 304 g/mol. The Balaban J connectivity index is 2.64. The molecule has 0 fully saturated rings. The van der Waals surface area contributed by atoms with Crippen LogP contribution in [0.3, 0.4) is 0 Å². The van der Waals surface area contributed by atoms with Crippen LogP contribution in [-0.2, 0) is 4.79 Å². The van der Waals surface area contributed by atoms with E-state index in [9.17, 15) is 13.6 Å². The molecule has 0 unspecified atom stereocenters. The number of carbonyl (C=O) groups excluding carboxylic acids is 1. The normalized spacial score (nSPS) is 9.53. The summed E-state index contributed by atoms with van der Waals surface area (Å²) >= 11 is 2.98. The van der Waals surface area contributed by atoms with Gasteiger partial charge in [0, 0.05) is 4.47 Å². The molecule has 0 aliphatic heterocycles. The van der Waals surface area contributed by atoms with Crippen LogP contribution < -0.4 is 10.1 Å². The van der Waals surface area contributed by atoms with Crippen LogP contribution in [0.4, 0.5) is 8.78 Å². The van der Waals surface area contributed by atoms with Crippen LogP contribution in [-0.4, -0.2) is 19.1 Å². The van der Waals surface area contributed by atoms with E-state index in [1.807, 2.05) is 0 Å². The number of terminal acetylenes is 1.